The summed E-state index contributed by atoms with van der Waals surface area (Å²) in [5.41, 5.74) is 0.182. The number of rotatable bonds is 10. The van der Waals surface area contributed by atoms with E-state index in [-0.39, 0.29) is 18.0 Å². The third-order valence-electron chi connectivity index (χ3n) is 7.76. The van der Waals surface area contributed by atoms with E-state index >= 15 is 0 Å². The van der Waals surface area contributed by atoms with Crippen molar-refractivity contribution in [2.24, 2.45) is 0 Å². The maximum absolute atomic E-state index is 14.5. The van der Waals surface area contributed by atoms with E-state index < -0.39 is 34.4 Å². The molecule has 0 spiro atoms. The number of nitrogens with zero attached hydrogens (tertiary/aromatic N) is 3. The molecule has 4 aromatic rings. The van der Waals surface area contributed by atoms with Crippen LogP contribution >= 0.6 is 11.3 Å². The van der Waals surface area contributed by atoms with Crippen molar-refractivity contribution in [3.05, 3.63) is 68.7 Å². The van der Waals surface area contributed by atoms with Crippen molar-refractivity contribution >= 4 is 27.5 Å². The standard InChI is InChI=1S/C32H40N4O8S/c1-19-24-27(37)36(32(5,6)29(38)34-44-31(2,3)4)30(39)35(28(24)45-25(19)26-33-14-17-42-26)18-23(43-20-12-15-41-16-13-20)21-10-8-9-11-22(21)40-7/h8-11,14,17,20,23H,12-13,15-16,18H2,1-7H3,(H,34,38)/t23-/m0/s1. The minimum atomic E-state index is -1.63. The number of methoxy groups -OCH3 is 1. The normalized spacial score (nSPS) is 15.4. The van der Waals surface area contributed by atoms with Gasteiger partial charge in [0, 0.05) is 18.8 Å². The lowest BCUT2D eigenvalue weighted by atomic mass is 10.0. The number of fused-ring (bicyclic) bond motifs is 1. The van der Waals surface area contributed by atoms with Crippen LogP contribution in [0.15, 0.2) is 50.7 Å². The Morgan fingerprint density at radius 1 is 1.16 bits per heavy atom. The zero-order valence-corrected chi connectivity index (χ0v) is 27.5. The van der Waals surface area contributed by atoms with Gasteiger partial charge in [0.1, 0.15) is 28.5 Å². The van der Waals surface area contributed by atoms with E-state index in [1.54, 1.807) is 34.8 Å². The van der Waals surface area contributed by atoms with Crippen molar-refractivity contribution in [1.29, 1.82) is 0 Å². The van der Waals surface area contributed by atoms with Crippen LogP contribution in [-0.4, -0.2) is 52.1 Å². The van der Waals surface area contributed by atoms with Crippen LogP contribution in [0.3, 0.4) is 0 Å². The summed E-state index contributed by atoms with van der Waals surface area (Å²) in [5.74, 6) is 0.283. The quantitative estimate of drug-likeness (QED) is 0.244. The predicted octanol–water partition coefficient (Wildman–Crippen LogP) is 4.72. The third-order valence-corrected chi connectivity index (χ3v) is 9.07. The van der Waals surface area contributed by atoms with Gasteiger partial charge in [-0.2, -0.15) is 0 Å². The van der Waals surface area contributed by atoms with E-state index in [0.29, 0.717) is 53.0 Å². The zero-order chi connectivity index (χ0) is 32.5. The van der Waals surface area contributed by atoms with Crippen LogP contribution in [0.25, 0.3) is 21.0 Å². The van der Waals surface area contributed by atoms with Crippen LogP contribution in [-0.2, 0) is 31.2 Å². The van der Waals surface area contributed by atoms with Crippen molar-refractivity contribution in [3.63, 3.8) is 0 Å². The van der Waals surface area contributed by atoms with Gasteiger partial charge in [-0.3, -0.25) is 19.0 Å². The molecule has 3 aromatic heterocycles. The molecule has 0 aliphatic carbocycles. The van der Waals surface area contributed by atoms with Gasteiger partial charge in [-0.1, -0.05) is 18.2 Å². The van der Waals surface area contributed by atoms with E-state index in [9.17, 15) is 14.4 Å². The fraction of sp³-hybridized carbons (Fsp3) is 0.500. The van der Waals surface area contributed by atoms with Gasteiger partial charge in [-0.25, -0.2) is 19.8 Å². The molecule has 0 radical (unpaired) electrons. The topological polar surface area (TPSA) is 136 Å². The Morgan fingerprint density at radius 3 is 2.51 bits per heavy atom. The molecule has 45 heavy (non-hydrogen) atoms. The first-order valence-corrected chi connectivity index (χ1v) is 15.7. The van der Waals surface area contributed by atoms with E-state index in [1.165, 1.54) is 42.2 Å². The second kappa shape index (κ2) is 12.9. The molecule has 0 bridgehead atoms. The predicted molar refractivity (Wildman–Crippen MR) is 170 cm³/mol. The van der Waals surface area contributed by atoms with Crippen molar-refractivity contribution in [3.8, 4) is 16.5 Å². The Balaban J connectivity index is 1.72. The van der Waals surface area contributed by atoms with Crippen LogP contribution < -0.4 is 21.5 Å². The molecule has 0 saturated carbocycles. The fourth-order valence-electron chi connectivity index (χ4n) is 5.32. The fourth-order valence-corrected chi connectivity index (χ4v) is 6.57. The SMILES string of the molecule is COc1ccccc1[C@H](Cn1c(=O)n(C(C)(C)C(=O)NOC(C)(C)C)c(=O)c2c(C)c(-c3ncco3)sc21)OC1CCOCC1. The van der Waals surface area contributed by atoms with Gasteiger partial charge in [-0.15, -0.1) is 11.3 Å². The molecular weight excluding hydrogens is 600 g/mol. The molecule has 4 heterocycles. The lowest BCUT2D eigenvalue weighted by molar-refractivity contribution is -0.153. The number of thiophene rings is 1. The summed E-state index contributed by atoms with van der Waals surface area (Å²) in [5, 5.41) is 0.287. The van der Waals surface area contributed by atoms with Crippen LogP contribution in [0.1, 0.15) is 64.7 Å². The van der Waals surface area contributed by atoms with Gasteiger partial charge in [-0.05, 0) is 66.0 Å². The highest BCUT2D eigenvalue weighted by molar-refractivity contribution is 7.22. The van der Waals surface area contributed by atoms with Gasteiger partial charge in [0.05, 0.1) is 41.8 Å². The number of oxazole rings is 1. The highest BCUT2D eigenvalue weighted by atomic mass is 32.1. The molecule has 1 aliphatic heterocycles. The lowest BCUT2D eigenvalue weighted by Crippen LogP contribution is -2.56. The number of nitrogens with one attached hydrogen (secondary N) is 1. The highest BCUT2D eigenvalue weighted by Gasteiger charge is 2.37. The zero-order valence-electron chi connectivity index (χ0n) is 26.7. The maximum Gasteiger partial charge on any atom is 0.333 e. The van der Waals surface area contributed by atoms with Crippen molar-refractivity contribution in [2.75, 3.05) is 20.3 Å². The Hall–Kier alpha value is -3.78. The summed E-state index contributed by atoms with van der Waals surface area (Å²) in [6.45, 7) is 11.3. The molecule has 0 unspecified atom stereocenters. The summed E-state index contributed by atoms with van der Waals surface area (Å²) in [7, 11) is 1.58. The lowest BCUT2D eigenvalue weighted by Gasteiger charge is -2.31. The number of ether oxygens (including phenoxy) is 3. The molecule has 1 fully saturated rings. The van der Waals surface area contributed by atoms with Gasteiger partial charge in [0.2, 0.25) is 5.89 Å². The molecule has 1 atom stereocenters. The van der Waals surface area contributed by atoms with Crippen LogP contribution in [0.2, 0.25) is 0 Å². The van der Waals surface area contributed by atoms with E-state index in [0.717, 1.165) is 10.1 Å². The summed E-state index contributed by atoms with van der Waals surface area (Å²) >= 11 is 1.23. The number of hydrogen-bond donors (Lipinski definition) is 1. The first kappa shape index (κ1) is 32.6. The highest BCUT2D eigenvalue weighted by Crippen LogP contribution is 2.37. The molecule has 1 aromatic carbocycles. The number of hydroxylamine groups is 1. The molecule has 1 amide bonds. The summed E-state index contributed by atoms with van der Waals surface area (Å²) in [4.78, 5) is 53.1. The Kier molecular flexibility index (Phi) is 9.36. The maximum atomic E-state index is 14.5. The van der Waals surface area contributed by atoms with Gasteiger partial charge >= 0.3 is 5.69 Å². The third kappa shape index (κ3) is 6.62. The molecule has 242 valence electrons. The smallest absolute Gasteiger partial charge is 0.333 e. The van der Waals surface area contributed by atoms with Crippen LogP contribution in [0.4, 0.5) is 0 Å². The average Bonchev–Trinajstić information content (AvgIpc) is 3.65. The second-order valence-corrected chi connectivity index (χ2v) is 13.5. The van der Waals surface area contributed by atoms with Crippen molar-refractivity contribution in [1.82, 2.24) is 19.6 Å². The number of carbonyl (C=O) groups excluding carboxylic acids is 1. The molecule has 5 rings (SSSR count). The summed E-state index contributed by atoms with van der Waals surface area (Å²) in [6.07, 6.45) is 3.62. The van der Waals surface area contributed by atoms with Gasteiger partial charge in [0.25, 0.3) is 11.5 Å². The minimum Gasteiger partial charge on any atom is -0.496 e. The number of carbonyl (C=O) groups is 1. The Morgan fingerprint density at radius 2 is 1.87 bits per heavy atom. The molecular formula is C32H40N4O8S. The van der Waals surface area contributed by atoms with E-state index in [4.69, 9.17) is 23.5 Å². The van der Waals surface area contributed by atoms with Crippen molar-refractivity contribution in [2.45, 2.75) is 84.3 Å². The number of hydrogen-bond acceptors (Lipinski definition) is 10. The number of benzene rings is 1. The number of aromatic nitrogens is 3. The first-order valence-electron chi connectivity index (χ1n) is 14.9. The number of amides is 1. The first-order chi connectivity index (χ1) is 21.3. The summed E-state index contributed by atoms with van der Waals surface area (Å²) in [6, 6.07) is 7.49. The largest absolute Gasteiger partial charge is 0.496 e. The van der Waals surface area contributed by atoms with Gasteiger partial charge < -0.3 is 18.6 Å². The van der Waals surface area contributed by atoms with E-state index in [1.807, 2.05) is 24.3 Å². The molecule has 1 saturated heterocycles. The Labute approximate surface area is 264 Å². The minimum absolute atomic E-state index is 0.0362. The van der Waals surface area contributed by atoms with Gasteiger partial charge in [0.15, 0.2) is 0 Å². The average molecular weight is 641 g/mol. The summed E-state index contributed by atoms with van der Waals surface area (Å²) < 4.78 is 26.0. The molecule has 13 heteroatoms. The van der Waals surface area contributed by atoms with Crippen molar-refractivity contribution < 1.29 is 28.3 Å². The monoisotopic (exact) mass is 640 g/mol. The van der Waals surface area contributed by atoms with Crippen LogP contribution in [0, 0.1) is 6.92 Å². The van der Waals surface area contributed by atoms with E-state index in [2.05, 4.69) is 10.5 Å². The molecule has 1 N–H and O–H groups in total. The molecule has 12 nitrogen and oxygen atoms in total. The second-order valence-electron chi connectivity index (χ2n) is 12.5. The van der Waals surface area contributed by atoms with Crippen LogP contribution in [0.5, 0.6) is 5.75 Å². The number of aryl methyl sites for hydroxylation is 1. The number of para-hydroxylation sites is 1. The molecule has 1 aliphatic rings. The Bertz CT molecular complexity index is 1780.